The van der Waals surface area contributed by atoms with Crippen LogP contribution in [0.1, 0.15) is 26.2 Å². The highest BCUT2D eigenvalue weighted by molar-refractivity contribution is 9.09. The summed E-state index contributed by atoms with van der Waals surface area (Å²) in [6.45, 7) is 1.65. The molecule has 0 aromatic rings. The predicted molar refractivity (Wildman–Crippen MR) is 40.7 cm³/mol. The minimum atomic E-state index is -2.45. The molecule has 0 saturated heterocycles. The highest BCUT2D eigenvalue weighted by atomic mass is 79.9. The lowest BCUT2D eigenvalue weighted by molar-refractivity contribution is -0.0772. The first-order valence-corrected chi connectivity index (χ1v) is 4.58. The van der Waals surface area contributed by atoms with Crippen LogP contribution in [-0.2, 0) is 0 Å². The van der Waals surface area contributed by atoms with E-state index in [1.807, 2.05) is 0 Å². The molecule has 1 aliphatic carbocycles. The lowest BCUT2D eigenvalue weighted by atomic mass is 9.88. The Morgan fingerprint density at radius 2 is 2.00 bits per heavy atom. The van der Waals surface area contributed by atoms with E-state index in [1.54, 1.807) is 6.92 Å². The first kappa shape index (κ1) is 8.44. The summed E-state index contributed by atoms with van der Waals surface area (Å²) in [7, 11) is 0. The fraction of sp³-hybridized carbons (Fsp3) is 1.00. The quantitative estimate of drug-likeness (QED) is 0.586. The molecule has 60 valence electrons. The highest BCUT2D eigenvalue weighted by Gasteiger charge is 2.52. The summed E-state index contributed by atoms with van der Waals surface area (Å²) in [5.74, 6) is -2.45. The zero-order chi connectivity index (χ0) is 7.83. The van der Waals surface area contributed by atoms with E-state index in [0.29, 0.717) is 18.2 Å². The maximum atomic E-state index is 13.0. The third kappa shape index (κ3) is 1.09. The Balaban J connectivity index is 2.76. The smallest absolute Gasteiger partial charge is 0.206 e. The number of hydrogen-bond donors (Lipinski definition) is 0. The summed E-state index contributed by atoms with van der Waals surface area (Å²) in [6, 6.07) is 0. The fourth-order valence-corrected chi connectivity index (χ4v) is 2.04. The topological polar surface area (TPSA) is 0 Å². The van der Waals surface area contributed by atoms with Gasteiger partial charge in [-0.1, -0.05) is 22.9 Å². The summed E-state index contributed by atoms with van der Waals surface area (Å²) in [6.07, 6.45) is 1.37. The van der Waals surface area contributed by atoms with Crippen molar-refractivity contribution < 1.29 is 8.78 Å². The summed E-state index contributed by atoms with van der Waals surface area (Å²) in [5, 5.41) is 0.410. The molecular weight excluding hydrogens is 202 g/mol. The van der Waals surface area contributed by atoms with Gasteiger partial charge in [-0.3, -0.25) is 0 Å². The summed E-state index contributed by atoms with van der Waals surface area (Å²) < 4.78 is 25.9. The van der Waals surface area contributed by atoms with Crippen LogP contribution in [0.5, 0.6) is 0 Å². The van der Waals surface area contributed by atoms with Crippen LogP contribution in [0, 0.1) is 5.41 Å². The Labute approximate surface area is 68.1 Å². The van der Waals surface area contributed by atoms with Crippen LogP contribution >= 0.6 is 15.9 Å². The molecule has 0 spiro atoms. The second-order valence-corrected chi connectivity index (χ2v) is 3.81. The van der Waals surface area contributed by atoms with Gasteiger partial charge in [0.1, 0.15) is 0 Å². The first-order chi connectivity index (χ1) is 4.52. The van der Waals surface area contributed by atoms with E-state index >= 15 is 0 Å². The third-order valence-electron chi connectivity index (χ3n) is 2.40. The van der Waals surface area contributed by atoms with Crippen LogP contribution in [0.25, 0.3) is 0 Å². The Kier molecular flexibility index (Phi) is 2.05. The molecule has 0 heterocycles. The molecule has 1 saturated carbocycles. The minimum Gasteiger partial charge on any atom is -0.206 e. The van der Waals surface area contributed by atoms with Crippen molar-refractivity contribution in [1.29, 1.82) is 0 Å². The molecule has 0 bridgehead atoms. The Hall–Kier alpha value is 0.340. The van der Waals surface area contributed by atoms with Crippen molar-refractivity contribution in [3.05, 3.63) is 0 Å². The summed E-state index contributed by atoms with van der Waals surface area (Å²) in [5.41, 5.74) is -0.785. The van der Waals surface area contributed by atoms with Crippen LogP contribution in [-0.4, -0.2) is 11.3 Å². The van der Waals surface area contributed by atoms with E-state index in [9.17, 15) is 8.78 Å². The number of halogens is 3. The molecule has 1 atom stereocenters. The second kappa shape index (κ2) is 2.43. The van der Waals surface area contributed by atoms with Crippen molar-refractivity contribution in [3.8, 4) is 0 Å². The number of alkyl halides is 3. The maximum absolute atomic E-state index is 13.0. The van der Waals surface area contributed by atoms with E-state index < -0.39 is 11.3 Å². The molecule has 0 N–H and O–H groups in total. The van der Waals surface area contributed by atoms with Gasteiger partial charge < -0.3 is 0 Å². The lowest BCUT2D eigenvalue weighted by Crippen LogP contribution is -2.34. The molecule has 0 amide bonds. The molecule has 0 nitrogen and oxygen atoms in total. The number of hydrogen-bond acceptors (Lipinski definition) is 0. The Morgan fingerprint density at radius 1 is 1.40 bits per heavy atom. The van der Waals surface area contributed by atoms with Crippen molar-refractivity contribution in [2.45, 2.75) is 32.1 Å². The molecule has 0 aromatic heterocycles. The Morgan fingerprint density at radius 3 is 2.20 bits per heavy atom. The van der Waals surface area contributed by atoms with Crippen LogP contribution in [0.4, 0.5) is 8.78 Å². The van der Waals surface area contributed by atoms with Crippen LogP contribution in [0.15, 0.2) is 0 Å². The zero-order valence-electron chi connectivity index (χ0n) is 5.96. The largest absolute Gasteiger partial charge is 0.254 e. The molecule has 0 unspecified atom stereocenters. The molecule has 0 aliphatic heterocycles. The van der Waals surface area contributed by atoms with Crippen molar-refractivity contribution in [1.82, 2.24) is 0 Å². The molecule has 1 aliphatic rings. The summed E-state index contributed by atoms with van der Waals surface area (Å²) in [4.78, 5) is 0. The van der Waals surface area contributed by atoms with Gasteiger partial charge in [0.15, 0.2) is 0 Å². The van der Waals surface area contributed by atoms with Crippen molar-refractivity contribution in [2.24, 2.45) is 5.41 Å². The van der Waals surface area contributed by atoms with Crippen molar-refractivity contribution in [3.63, 3.8) is 0 Å². The average Bonchev–Trinajstić information content (AvgIpc) is 2.10. The van der Waals surface area contributed by atoms with Crippen molar-refractivity contribution >= 4 is 15.9 Å². The number of rotatable bonds is 1. The SMILES string of the molecule is C[C@@]1(CBr)CCCC1(F)F. The molecule has 0 radical (unpaired) electrons. The molecular formula is C7H11BrF2. The molecule has 10 heavy (non-hydrogen) atoms. The van der Waals surface area contributed by atoms with Gasteiger partial charge in [0.25, 0.3) is 5.92 Å². The minimum absolute atomic E-state index is 0.0646. The first-order valence-electron chi connectivity index (χ1n) is 3.46. The fourth-order valence-electron chi connectivity index (χ4n) is 1.35. The van der Waals surface area contributed by atoms with Gasteiger partial charge in [0, 0.05) is 17.2 Å². The standard InChI is InChI=1S/C7H11BrF2/c1-6(5-8)3-2-4-7(6,9)10/h2-5H2,1H3/t6-/m0/s1. The van der Waals surface area contributed by atoms with Crippen LogP contribution in [0.2, 0.25) is 0 Å². The molecule has 3 heteroatoms. The zero-order valence-corrected chi connectivity index (χ0v) is 7.55. The van der Waals surface area contributed by atoms with Gasteiger partial charge in [-0.25, -0.2) is 8.78 Å². The maximum Gasteiger partial charge on any atom is 0.254 e. The normalized spacial score (nSPS) is 38.4. The van der Waals surface area contributed by atoms with Gasteiger partial charge in [0.2, 0.25) is 0 Å². The predicted octanol–water partition coefficient (Wildman–Crippen LogP) is 3.21. The third-order valence-corrected chi connectivity index (χ3v) is 3.63. The van der Waals surface area contributed by atoms with Crippen LogP contribution < -0.4 is 0 Å². The monoisotopic (exact) mass is 212 g/mol. The second-order valence-electron chi connectivity index (χ2n) is 3.25. The van der Waals surface area contributed by atoms with E-state index in [4.69, 9.17) is 0 Å². The van der Waals surface area contributed by atoms with Gasteiger partial charge >= 0.3 is 0 Å². The van der Waals surface area contributed by atoms with Crippen molar-refractivity contribution in [2.75, 3.05) is 5.33 Å². The van der Waals surface area contributed by atoms with E-state index in [1.165, 1.54) is 0 Å². The molecule has 1 rings (SSSR count). The van der Waals surface area contributed by atoms with E-state index in [0.717, 1.165) is 0 Å². The van der Waals surface area contributed by atoms with Crippen LogP contribution in [0.3, 0.4) is 0 Å². The summed E-state index contributed by atoms with van der Waals surface area (Å²) >= 11 is 3.13. The van der Waals surface area contributed by atoms with Gasteiger partial charge in [-0.05, 0) is 12.8 Å². The van der Waals surface area contributed by atoms with Gasteiger partial charge in [-0.15, -0.1) is 0 Å². The Bertz CT molecular complexity index is 136. The molecule has 1 fully saturated rings. The lowest BCUT2D eigenvalue weighted by Gasteiger charge is -2.28. The average molecular weight is 213 g/mol. The van der Waals surface area contributed by atoms with E-state index in [2.05, 4.69) is 15.9 Å². The molecule has 0 aromatic carbocycles. The van der Waals surface area contributed by atoms with E-state index in [-0.39, 0.29) is 6.42 Å². The highest BCUT2D eigenvalue weighted by Crippen LogP contribution is 2.50. The van der Waals surface area contributed by atoms with Gasteiger partial charge in [0.05, 0.1) is 0 Å². The van der Waals surface area contributed by atoms with Gasteiger partial charge in [-0.2, -0.15) is 0 Å².